The van der Waals surface area contributed by atoms with Gasteiger partial charge in [-0.25, -0.2) is 13.4 Å². The van der Waals surface area contributed by atoms with E-state index in [1.807, 2.05) is 37.3 Å². The van der Waals surface area contributed by atoms with E-state index in [0.717, 1.165) is 21.5 Å². The first-order chi connectivity index (χ1) is 12.4. The Balaban J connectivity index is 2.00. The molecular formula is C18H20N4O3S. The third kappa shape index (κ3) is 5.82. The highest BCUT2D eigenvalue weighted by atomic mass is 32.2. The number of amides is 1. The summed E-state index contributed by atoms with van der Waals surface area (Å²) in [7, 11) is -2.05. The monoisotopic (exact) mass is 372 g/mol. The molecule has 7 nitrogen and oxygen atoms in total. The summed E-state index contributed by atoms with van der Waals surface area (Å²) >= 11 is 0. The maximum Gasteiger partial charge on any atom is 0.231 e. The van der Waals surface area contributed by atoms with Crippen molar-refractivity contribution in [2.45, 2.75) is 18.4 Å². The Kier molecular flexibility index (Phi) is 6.62. The lowest BCUT2D eigenvalue weighted by Crippen LogP contribution is -2.15. The van der Waals surface area contributed by atoms with Crippen molar-refractivity contribution < 1.29 is 13.2 Å². The lowest BCUT2D eigenvalue weighted by Gasteiger charge is -2.11. The summed E-state index contributed by atoms with van der Waals surface area (Å²) in [6, 6.07) is 15.9. The Morgan fingerprint density at radius 3 is 2.27 bits per heavy atom. The van der Waals surface area contributed by atoms with Gasteiger partial charge in [0.05, 0.1) is 16.8 Å². The van der Waals surface area contributed by atoms with Crippen LogP contribution in [0.4, 0.5) is 0 Å². The first-order valence-electron chi connectivity index (χ1n) is 7.81. The average Bonchev–Trinajstić information content (AvgIpc) is 2.64. The van der Waals surface area contributed by atoms with Gasteiger partial charge in [0.2, 0.25) is 16.2 Å². The molecule has 0 aliphatic rings. The quantitative estimate of drug-likeness (QED) is 0.405. The van der Waals surface area contributed by atoms with E-state index < -0.39 is 9.84 Å². The highest BCUT2D eigenvalue weighted by Gasteiger charge is 2.10. The molecule has 0 unspecified atom stereocenters. The third-order valence-corrected chi connectivity index (χ3v) is 4.82. The molecule has 0 N–H and O–H groups in total. The Morgan fingerprint density at radius 1 is 1.00 bits per heavy atom. The summed E-state index contributed by atoms with van der Waals surface area (Å²) in [4.78, 5) is 11.3. The zero-order chi connectivity index (χ0) is 19.0. The van der Waals surface area contributed by atoms with Gasteiger partial charge in [-0.3, -0.25) is 9.80 Å². The molecular weight excluding hydrogens is 352 g/mol. The van der Waals surface area contributed by atoms with Crippen molar-refractivity contribution in [1.29, 1.82) is 0 Å². The van der Waals surface area contributed by atoms with Gasteiger partial charge in [-0.05, 0) is 35.1 Å². The Labute approximate surface area is 153 Å². The molecule has 0 saturated heterocycles. The molecule has 2 aromatic rings. The fourth-order valence-corrected chi connectivity index (χ4v) is 2.99. The van der Waals surface area contributed by atoms with Crippen LogP contribution in [0.5, 0.6) is 0 Å². The number of benzene rings is 2. The van der Waals surface area contributed by atoms with E-state index >= 15 is 0 Å². The molecule has 0 aliphatic heterocycles. The first kappa shape index (κ1) is 19.3. The molecule has 0 bridgehead atoms. The minimum Gasteiger partial charge on any atom is -0.277 e. The van der Waals surface area contributed by atoms with Crippen LogP contribution in [-0.2, 0) is 21.2 Å². The second-order valence-electron chi connectivity index (χ2n) is 5.58. The van der Waals surface area contributed by atoms with Gasteiger partial charge in [0.25, 0.3) is 0 Å². The molecule has 8 heteroatoms. The van der Waals surface area contributed by atoms with Crippen molar-refractivity contribution in [3.63, 3.8) is 0 Å². The Hall–Kier alpha value is -3.00. The average molecular weight is 372 g/mol. The SMILES string of the molecule is Cc1ccc(S(=O)(=O)/C=C/N(C)/N=N\N(C=O)Cc2ccccc2)cc1. The van der Waals surface area contributed by atoms with E-state index in [-0.39, 0.29) is 11.4 Å². The Morgan fingerprint density at radius 2 is 1.65 bits per heavy atom. The molecule has 0 aliphatic carbocycles. The maximum absolute atomic E-state index is 12.2. The van der Waals surface area contributed by atoms with Crippen LogP contribution >= 0.6 is 0 Å². The molecule has 0 atom stereocenters. The number of hydrogen-bond acceptors (Lipinski definition) is 5. The van der Waals surface area contributed by atoms with Crippen LogP contribution in [0, 0.1) is 6.92 Å². The zero-order valence-corrected chi connectivity index (χ0v) is 15.4. The van der Waals surface area contributed by atoms with Crippen molar-refractivity contribution in [3.05, 3.63) is 77.3 Å². The van der Waals surface area contributed by atoms with Crippen molar-refractivity contribution >= 4 is 16.2 Å². The van der Waals surface area contributed by atoms with Crippen molar-refractivity contribution in [2.75, 3.05) is 7.05 Å². The number of rotatable bonds is 8. The highest BCUT2D eigenvalue weighted by Crippen LogP contribution is 2.13. The maximum atomic E-state index is 12.2. The fraction of sp³-hybridized carbons (Fsp3) is 0.167. The van der Waals surface area contributed by atoms with Gasteiger partial charge in [0.1, 0.15) is 0 Å². The minimum absolute atomic E-state index is 0.197. The lowest BCUT2D eigenvalue weighted by atomic mass is 10.2. The standard InChI is InChI=1S/C18H20N4O3S/c1-16-8-10-18(11-9-16)26(24,25)13-12-21(2)19-20-22(15-23)14-17-6-4-3-5-7-17/h3-13,15H,14H2,1-2H3/b13-12+,20-19-. The molecule has 0 aromatic heterocycles. The second kappa shape index (κ2) is 8.91. The van der Waals surface area contributed by atoms with Crippen LogP contribution in [0.1, 0.15) is 11.1 Å². The number of nitrogens with zero attached hydrogens (tertiary/aromatic N) is 4. The van der Waals surface area contributed by atoms with E-state index in [2.05, 4.69) is 10.4 Å². The van der Waals surface area contributed by atoms with Gasteiger partial charge < -0.3 is 0 Å². The van der Waals surface area contributed by atoms with Crippen LogP contribution < -0.4 is 0 Å². The van der Waals surface area contributed by atoms with Crippen LogP contribution in [0.2, 0.25) is 0 Å². The topological polar surface area (TPSA) is 82.4 Å². The van der Waals surface area contributed by atoms with Gasteiger partial charge in [-0.2, -0.15) is 0 Å². The summed E-state index contributed by atoms with van der Waals surface area (Å²) in [6.07, 6.45) is 1.82. The number of carbonyl (C=O) groups is 1. The third-order valence-electron chi connectivity index (χ3n) is 3.41. The van der Waals surface area contributed by atoms with E-state index in [1.54, 1.807) is 24.3 Å². The fourth-order valence-electron chi connectivity index (χ4n) is 1.98. The summed E-state index contributed by atoms with van der Waals surface area (Å²) in [5.41, 5.74) is 1.88. The van der Waals surface area contributed by atoms with Gasteiger partial charge in [-0.1, -0.05) is 48.0 Å². The predicted octanol–water partition coefficient (Wildman–Crippen LogP) is 3.11. The van der Waals surface area contributed by atoms with Gasteiger partial charge in [-0.15, -0.1) is 0 Å². The molecule has 0 heterocycles. The molecule has 26 heavy (non-hydrogen) atoms. The molecule has 136 valence electrons. The summed E-state index contributed by atoms with van der Waals surface area (Å²) < 4.78 is 24.5. The number of carbonyl (C=O) groups excluding carboxylic acids is 1. The Bertz CT molecular complexity index is 878. The van der Waals surface area contributed by atoms with E-state index in [0.29, 0.717) is 6.41 Å². The predicted molar refractivity (Wildman–Crippen MR) is 98.2 cm³/mol. The van der Waals surface area contributed by atoms with Gasteiger partial charge in [0, 0.05) is 13.2 Å². The molecule has 0 saturated carbocycles. The number of hydrogen-bond donors (Lipinski definition) is 0. The normalized spacial score (nSPS) is 11.8. The first-order valence-corrected chi connectivity index (χ1v) is 9.35. The molecule has 0 radical (unpaired) electrons. The summed E-state index contributed by atoms with van der Waals surface area (Å²) in [6.45, 7) is 2.15. The lowest BCUT2D eigenvalue weighted by molar-refractivity contribution is -0.119. The van der Waals surface area contributed by atoms with Crippen LogP contribution in [-0.4, -0.2) is 31.9 Å². The highest BCUT2D eigenvalue weighted by molar-refractivity contribution is 7.94. The summed E-state index contributed by atoms with van der Waals surface area (Å²) in [5.74, 6) is 0. The number of sulfone groups is 1. The molecule has 2 aromatic carbocycles. The van der Waals surface area contributed by atoms with Crippen molar-refractivity contribution in [1.82, 2.24) is 10.0 Å². The number of aryl methyl sites for hydroxylation is 1. The van der Waals surface area contributed by atoms with E-state index in [1.165, 1.54) is 18.3 Å². The van der Waals surface area contributed by atoms with Crippen molar-refractivity contribution in [2.24, 2.45) is 10.4 Å². The molecule has 0 spiro atoms. The second-order valence-corrected chi connectivity index (χ2v) is 7.42. The largest absolute Gasteiger partial charge is 0.277 e. The molecule has 1 amide bonds. The van der Waals surface area contributed by atoms with Crippen LogP contribution in [0.3, 0.4) is 0 Å². The van der Waals surface area contributed by atoms with Crippen LogP contribution in [0.25, 0.3) is 0 Å². The van der Waals surface area contributed by atoms with Crippen molar-refractivity contribution in [3.8, 4) is 0 Å². The smallest absolute Gasteiger partial charge is 0.231 e. The molecule has 0 fully saturated rings. The molecule has 2 rings (SSSR count). The van der Waals surface area contributed by atoms with Gasteiger partial charge in [0.15, 0.2) is 0 Å². The minimum atomic E-state index is -3.57. The van der Waals surface area contributed by atoms with Crippen LogP contribution in [0.15, 0.2) is 81.5 Å². The van der Waals surface area contributed by atoms with Gasteiger partial charge >= 0.3 is 0 Å². The summed E-state index contributed by atoms with van der Waals surface area (Å²) in [5, 5.41) is 11.0. The van der Waals surface area contributed by atoms with E-state index in [4.69, 9.17) is 0 Å². The zero-order valence-electron chi connectivity index (χ0n) is 14.6. The van der Waals surface area contributed by atoms with E-state index in [9.17, 15) is 13.2 Å².